The van der Waals surface area contributed by atoms with E-state index in [4.69, 9.17) is 0 Å². The van der Waals surface area contributed by atoms with E-state index in [1.54, 1.807) is 12.1 Å². The van der Waals surface area contributed by atoms with E-state index in [0.29, 0.717) is 11.4 Å². The van der Waals surface area contributed by atoms with Crippen LogP contribution >= 0.6 is 0 Å². The van der Waals surface area contributed by atoms with Gasteiger partial charge in [0.1, 0.15) is 0 Å². The van der Waals surface area contributed by atoms with Gasteiger partial charge in [0.05, 0.1) is 4.90 Å². The minimum atomic E-state index is -3.34. The number of benzene rings is 1. The van der Waals surface area contributed by atoms with Crippen molar-refractivity contribution in [1.29, 1.82) is 0 Å². The highest BCUT2D eigenvalue weighted by molar-refractivity contribution is 7.89. The van der Waals surface area contributed by atoms with Gasteiger partial charge in [0.15, 0.2) is 0 Å². The summed E-state index contributed by atoms with van der Waals surface area (Å²) in [6, 6.07) is 7.07. The van der Waals surface area contributed by atoms with Gasteiger partial charge in [0, 0.05) is 6.54 Å². The molecule has 0 amide bonds. The van der Waals surface area contributed by atoms with Crippen LogP contribution in [-0.2, 0) is 16.4 Å². The minimum absolute atomic E-state index is 0.340. The maximum Gasteiger partial charge on any atom is 0.240 e. The molecule has 0 heterocycles. The second-order valence-electron chi connectivity index (χ2n) is 4.25. The Morgan fingerprint density at radius 3 is 2.33 bits per heavy atom. The van der Waals surface area contributed by atoms with Crippen molar-refractivity contribution >= 4 is 10.0 Å². The molecule has 0 radical (unpaired) electrons. The predicted octanol–water partition coefficient (Wildman–Crippen LogP) is 1.53. The van der Waals surface area contributed by atoms with Gasteiger partial charge in [0.2, 0.25) is 10.0 Å². The third kappa shape index (κ3) is 4.76. The van der Waals surface area contributed by atoms with Crippen LogP contribution in [0, 0.1) is 0 Å². The summed E-state index contributed by atoms with van der Waals surface area (Å²) < 4.78 is 26.4. The van der Waals surface area contributed by atoms with E-state index in [9.17, 15) is 8.42 Å². The summed E-state index contributed by atoms with van der Waals surface area (Å²) >= 11 is 0. The van der Waals surface area contributed by atoms with Crippen LogP contribution in [0.5, 0.6) is 0 Å². The van der Waals surface area contributed by atoms with Gasteiger partial charge in [-0.3, -0.25) is 0 Å². The van der Waals surface area contributed by atoms with Crippen molar-refractivity contribution in [1.82, 2.24) is 10.0 Å². The Hall–Kier alpha value is -0.910. The van der Waals surface area contributed by atoms with Crippen LogP contribution in [0.1, 0.15) is 25.3 Å². The number of hydrogen-bond acceptors (Lipinski definition) is 3. The summed E-state index contributed by atoms with van der Waals surface area (Å²) in [6.45, 7) is 3.42. The Labute approximate surface area is 110 Å². The first-order valence-corrected chi connectivity index (χ1v) is 7.81. The minimum Gasteiger partial charge on any atom is -0.319 e. The summed E-state index contributed by atoms with van der Waals surface area (Å²) in [7, 11) is -1.44. The van der Waals surface area contributed by atoms with Gasteiger partial charge in [-0.1, -0.05) is 25.5 Å². The van der Waals surface area contributed by atoms with Crippen molar-refractivity contribution in [3.05, 3.63) is 29.8 Å². The lowest BCUT2D eigenvalue weighted by atomic mass is 10.1. The zero-order valence-electron chi connectivity index (χ0n) is 11.1. The Morgan fingerprint density at radius 1 is 1.11 bits per heavy atom. The molecule has 0 aliphatic heterocycles. The molecule has 0 aliphatic rings. The van der Waals surface area contributed by atoms with Gasteiger partial charge < -0.3 is 5.32 Å². The Morgan fingerprint density at radius 2 is 1.78 bits per heavy atom. The highest BCUT2D eigenvalue weighted by Crippen LogP contribution is 2.10. The van der Waals surface area contributed by atoms with Crippen molar-refractivity contribution in [2.24, 2.45) is 0 Å². The zero-order chi connectivity index (χ0) is 13.4. The Bertz CT molecular complexity index is 441. The fourth-order valence-corrected chi connectivity index (χ4v) is 2.65. The maximum absolute atomic E-state index is 11.9. The Kier molecular flexibility index (Phi) is 6.32. The average Bonchev–Trinajstić information content (AvgIpc) is 2.37. The topological polar surface area (TPSA) is 58.2 Å². The van der Waals surface area contributed by atoms with Crippen LogP contribution in [0.2, 0.25) is 0 Å². The molecule has 102 valence electrons. The van der Waals surface area contributed by atoms with Crippen molar-refractivity contribution < 1.29 is 8.42 Å². The third-order valence-corrected chi connectivity index (χ3v) is 4.20. The van der Waals surface area contributed by atoms with Crippen LogP contribution in [0.3, 0.4) is 0 Å². The lowest BCUT2D eigenvalue weighted by Crippen LogP contribution is -2.24. The average molecular weight is 270 g/mol. The first kappa shape index (κ1) is 15.1. The van der Waals surface area contributed by atoms with E-state index < -0.39 is 10.0 Å². The summed E-state index contributed by atoms with van der Waals surface area (Å²) in [5.41, 5.74) is 1.14. The van der Waals surface area contributed by atoms with Crippen LogP contribution in [0.25, 0.3) is 0 Å². The third-order valence-electron chi connectivity index (χ3n) is 2.72. The number of unbranched alkanes of at least 4 members (excludes halogenated alkanes) is 1. The molecule has 0 aromatic heterocycles. The molecule has 18 heavy (non-hydrogen) atoms. The lowest BCUT2D eigenvalue weighted by Gasteiger charge is -2.07. The fourth-order valence-electron chi connectivity index (χ4n) is 1.57. The van der Waals surface area contributed by atoms with Gasteiger partial charge in [0.25, 0.3) is 0 Å². The highest BCUT2D eigenvalue weighted by Gasteiger charge is 2.12. The number of nitrogens with one attached hydrogen (secondary N) is 2. The summed E-state index contributed by atoms with van der Waals surface area (Å²) in [5.74, 6) is 0. The first-order valence-electron chi connectivity index (χ1n) is 6.33. The molecule has 1 aromatic rings. The predicted molar refractivity (Wildman–Crippen MR) is 74.2 cm³/mol. The molecule has 0 fully saturated rings. The fraction of sp³-hybridized carbons (Fsp3) is 0.538. The molecule has 2 N–H and O–H groups in total. The molecule has 5 heteroatoms. The van der Waals surface area contributed by atoms with E-state index in [1.165, 1.54) is 0 Å². The van der Waals surface area contributed by atoms with Crippen LogP contribution < -0.4 is 10.0 Å². The van der Waals surface area contributed by atoms with Crippen LogP contribution in [0.15, 0.2) is 29.2 Å². The molecule has 0 saturated heterocycles. The normalized spacial score (nSPS) is 11.7. The van der Waals surface area contributed by atoms with E-state index in [-0.39, 0.29) is 0 Å². The molecule has 0 unspecified atom stereocenters. The van der Waals surface area contributed by atoms with Crippen molar-refractivity contribution in [3.63, 3.8) is 0 Å². The molecule has 0 aliphatic carbocycles. The number of rotatable bonds is 8. The monoisotopic (exact) mass is 270 g/mol. The largest absolute Gasteiger partial charge is 0.319 e. The summed E-state index contributed by atoms with van der Waals surface area (Å²) in [4.78, 5) is 0.340. The first-order chi connectivity index (χ1) is 8.60. The molecule has 1 rings (SSSR count). The van der Waals surface area contributed by atoms with E-state index in [0.717, 1.165) is 31.4 Å². The standard InChI is InChI=1S/C13H22N2O2S/c1-3-4-10-15-18(16,17)13-7-5-12(6-8-13)9-11-14-2/h5-8,14-15H,3-4,9-11H2,1-2H3. The zero-order valence-corrected chi connectivity index (χ0v) is 11.9. The Balaban J connectivity index is 2.65. The van der Waals surface area contributed by atoms with Gasteiger partial charge >= 0.3 is 0 Å². The molecule has 0 spiro atoms. The molecular formula is C13H22N2O2S. The van der Waals surface area contributed by atoms with Crippen molar-refractivity contribution in [2.45, 2.75) is 31.1 Å². The quantitative estimate of drug-likeness (QED) is 0.704. The maximum atomic E-state index is 11.9. The van der Waals surface area contributed by atoms with Crippen LogP contribution in [0.4, 0.5) is 0 Å². The smallest absolute Gasteiger partial charge is 0.240 e. The SMILES string of the molecule is CCCCNS(=O)(=O)c1ccc(CCNC)cc1. The molecule has 0 saturated carbocycles. The summed E-state index contributed by atoms with van der Waals surface area (Å²) in [5, 5.41) is 3.06. The lowest BCUT2D eigenvalue weighted by molar-refractivity contribution is 0.578. The van der Waals surface area contributed by atoms with Crippen LogP contribution in [-0.4, -0.2) is 28.6 Å². The molecule has 0 atom stereocenters. The van der Waals surface area contributed by atoms with Gasteiger partial charge in [-0.2, -0.15) is 0 Å². The molecule has 0 bridgehead atoms. The molecule has 1 aromatic carbocycles. The highest BCUT2D eigenvalue weighted by atomic mass is 32.2. The summed E-state index contributed by atoms with van der Waals surface area (Å²) in [6.07, 6.45) is 2.74. The van der Waals surface area contributed by atoms with Crippen molar-refractivity contribution in [3.8, 4) is 0 Å². The number of likely N-dealkylation sites (N-methyl/N-ethyl adjacent to an activating group) is 1. The van der Waals surface area contributed by atoms with Crippen molar-refractivity contribution in [2.75, 3.05) is 20.1 Å². The molecule has 4 nitrogen and oxygen atoms in total. The second-order valence-corrected chi connectivity index (χ2v) is 6.02. The van der Waals surface area contributed by atoms with E-state index in [2.05, 4.69) is 10.0 Å². The van der Waals surface area contributed by atoms with E-state index in [1.807, 2.05) is 26.1 Å². The number of hydrogen-bond donors (Lipinski definition) is 2. The number of sulfonamides is 1. The second kappa shape index (κ2) is 7.51. The van der Waals surface area contributed by atoms with Gasteiger partial charge in [-0.05, 0) is 44.1 Å². The van der Waals surface area contributed by atoms with Gasteiger partial charge in [-0.15, -0.1) is 0 Å². The van der Waals surface area contributed by atoms with E-state index >= 15 is 0 Å². The van der Waals surface area contributed by atoms with Gasteiger partial charge in [-0.25, -0.2) is 13.1 Å². The molecular weight excluding hydrogens is 248 g/mol.